The van der Waals surface area contributed by atoms with Gasteiger partial charge >= 0.3 is 6.03 Å². The summed E-state index contributed by atoms with van der Waals surface area (Å²) in [5.41, 5.74) is 4.05. The quantitative estimate of drug-likeness (QED) is 0.497. The van der Waals surface area contributed by atoms with Crippen LogP contribution >= 0.6 is 11.3 Å². The first-order valence-corrected chi connectivity index (χ1v) is 13.7. The van der Waals surface area contributed by atoms with Crippen LogP contribution in [0.3, 0.4) is 0 Å². The molecule has 8 heteroatoms. The minimum absolute atomic E-state index is 0.0419. The van der Waals surface area contributed by atoms with Gasteiger partial charge in [-0.15, -0.1) is 11.3 Å². The number of nitrogens with one attached hydrogen (secondary N) is 1. The molecule has 1 N–H and O–H groups in total. The van der Waals surface area contributed by atoms with Crippen LogP contribution in [0.2, 0.25) is 0 Å². The molecule has 3 amide bonds. The molecule has 0 radical (unpaired) electrons. The van der Waals surface area contributed by atoms with Crippen LogP contribution in [0.4, 0.5) is 14.9 Å². The molecule has 194 valence electrons. The first kappa shape index (κ1) is 25.4. The van der Waals surface area contributed by atoms with E-state index in [4.69, 9.17) is 0 Å². The first-order valence-electron chi connectivity index (χ1n) is 12.9. The largest absolute Gasteiger partial charge is 0.339 e. The van der Waals surface area contributed by atoms with Gasteiger partial charge in [-0.3, -0.25) is 9.69 Å². The zero-order valence-electron chi connectivity index (χ0n) is 21.3. The van der Waals surface area contributed by atoms with Crippen LogP contribution in [0, 0.1) is 12.7 Å². The Morgan fingerprint density at radius 3 is 2.65 bits per heavy atom. The summed E-state index contributed by atoms with van der Waals surface area (Å²) in [7, 11) is 0. The molecule has 0 aliphatic carbocycles. The van der Waals surface area contributed by atoms with E-state index in [0.717, 1.165) is 29.8 Å². The van der Waals surface area contributed by atoms with Gasteiger partial charge in [0.25, 0.3) is 0 Å². The van der Waals surface area contributed by atoms with E-state index >= 15 is 0 Å². The molecule has 3 aromatic rings. The number of nitrogens with zero attached hydrogens (tertiary/aromatic N) is 3. The zero-order chi connectivity index (χ0) is 25.9. The number of benzene rings is 2. The molecule has 0 spiro atoms. The lowest BCUT2D eigenvalue weighted by Crippen LogP contribution is -2.56. The Bertz CT molecular complexity index is 1260. The van der Waals surface area contributed by atoms with Gasteiger partial charge < -0.3 is 15.1 Å². The molecule has 3 heterocycles. The average molecular weight is 521 g/mol. The molecule has 2 aliphatic heterocycles. The Hall–Kier alpha value is -3.23. The van der Waals surface area contributed by atoms with Gasteiger partial charge in [-0.1, -0.05) is 29.8 Å². The molecule has 6 nitrogen and oxygen atoms in total. The summed E-state index contributed by atoms with van der Waals surface area (Å²) >= 11 is 1.75. The zero-order valence-corrected chi connectivity index (χ0v) is 22.1. The van der Waals surface area contributed by atoms with Gasteiger partial charge in [0.1, 0.15) is 5.82 Å². The molecular weight excluding hydrogens is 487 g/mol. The van der Waals surface area contributed by atoms with Crippen LogP contribution in [0.5, 0.6) is 0 Å². The molecule has 2 aromatic carbocycles. The summed E-state index contributed by atoms with van der Waals surface area (Å²) in [4.78, 5) is 33.3. The summed E-state index contributed by atoms with van der Waals surface area (Å²) in [6.07, 6.45) is 1.34. The van der Waals surface area contributed by atoms with Gasteiger partial charge in [0.15, 0.2) is 0 Å². The second-order valence-electron chi connectivity index (χ2n) is 9.97. The lowest BCUT2D eigenvalue weighted by Gasteiger charge is -2.40. The highest BCUT2D eigenvalue weighted by Crippen LogP contribution is 2.38. The highest BCUT2D eigenvalue weighted by Gasteiger charge is 2.32. The predicted octanol–water partition coefficient (Wildman–Crippen LogP) is 5.30. The SMILES string of the molecule is Cc1ccc(NC(=O)N2CCN(C(=O)CCN3CCc4sccc4C3c3cccc(F)c3)CC2C)cc1. The Kier molecular flexibility index (Phi) is 7.58. The van der Waals surface area contributed by atoms with Crippen LogP contribution in [0.15, 0.2) is 60.0 Å². The maximum atomic E-state index is 14.1. The van der Waals surface area contributed by atoms with E-state index in [1.54, 1.807) is 28.4 Å². The molecule has 1 saturated heterocycles. The second kappa shape index (κ2) is 11.0. The molecule has 37 heavy (non-hydrogen) atoms. The average Bonchev–Trinajstić information content (AvgIpc) is 3.37. The van der Waals surface area contributed by atoms with E-state index in [2.05, 4.69) is 21.7 Å². The van der Waals surface area contributed by atoms with Crippen molar-refractivity contribution >= 4 is 29.0 Å². The van der Waals surface area contributed by atoms with E-state index in [9.17, 15) is 14.0 Å². The summed E-state index contributed by atoms with van der Waals surface area (Å²) in [5.74, 6) is -0.145. The Morgan fingerprint density at radius 1 is 1.08 bits per heavy atom. The molecule has 2 aliphatic rings. The maximum Gasteiger partial charge on any atom is 0.322 e. The van der Waals surface area contributed by atoms with Crippen molar-refractivity contribution in [2.45, 2.75) is 38.8 Å². The second-order valence-corrected chi connectivity index (χ2v) is 11.0. The monoisotopic (exact) mass is 520 g/mol. The maximum absolute atomic E-state index is 14.1. The molecular formula is C29H33FN4O2S. The van der Waals surface area contributed by atoms with Gasteiger partial charge in [0.2, 0.25) is 5.91 Å². The van der Waals surface area contributed by atoms with Crippen molar-refractivity contribution in [1.29, 1.82) is 0 Å². The minimum atomic E-state index is -0.242. The lowest BCUT2D eigenvalue weighted by atomic mass is 9.93. The highest BCUT2D eigenvalue weighted by atomic mass is 32.1. The van der Waals surface area contributed by atoms with Crippen LogP contribution in [-0.2, 0) is 11.2 Å². The number of rotatable bonds is 5. The topological polar surface area (TPSA) is 55.9 Å². The van der Waals surface area contributed by atoms with Crippen molar-refractivity contribution in [1.82, 2.24) is 14.7 Å². The molecule has 2 atom stereocenters. The molecule has 1 fully saturated rings. The number of anilines is 1. The van der Waals surface area contributed by atoms with Crippen molar-refractivity contribution in [3.63, 3.8) is 0 Å². The number of fused-ring (bicyclic) bond motifs is 1. The fourth-order valence-corrected chi connectivity index (χ4v) is 6.30. The number of carbonyl (C=O) groups excluding carboxylic acids is 2. The van der Waals surface area contributed by atoms with Crippen molar-refractivity contribution in [3.05, 3.63) is 87.4 Å². The van der Waals surface area contributed by atoms with Gasteiger partial charge in [-0.25, -0.2) is 9.18 Å². The number of amides is 3. The third-order valence-corrected chi connectivity index (χ3v) is 8.38. The lowest BCUT2D eigenvalue weighted by molar-refractivity contribution is -0.134. The smallest absolute Gasteiger partial charge is 0.322 e. The number of aryl methyl sites for hydroxylation is 1. The van der Waals surface area contributed by atoms with E-state index < -0.39 is 0 Å². The first-order chi connectivity index (χ1) is 17.9. The van der Waals surface area contributed by atoms with Gasteiger partial charge in [0, 0.05) is 55.8 Å². The van der Waals surface area contributed by atoms with Crippen molar-refractivity contribution < 1.29 is 14.0 Å². The van der Waals surface area contributed by atoms with Crippen molar-refractivity contribution in [3.8, 4) is 0 Å². The third-order valence-electron chi connectivity index (χ3n) is 7.39. The standard InChI is InChI=1S/C29H33FN4O2S/c1-20-6-8-24(9-7-20)31-29(36)34-16-15-33(19-21(34)2)27(35)11-14-32-13-10-26-25(12-17-37-26)28(32)22-4-3-5-23(30)18-22/h3-9,12,17-18,21,28H,10-11,13-16,19H2,1-2H3,(H,31,36). The van der Waals surface area contributed by atoms with Gasteiger partial charge in [-0.2, -0.15) is 0 Å². The van der Waals surface area contributed by atoms with Gasteiger partial charge in [0.05, 0.1) is 6.04 Å². The van der Waals surface area contributed by atoms with Crippen molar-refractivity contribution in [2.24, 2.45) is 0 Å². The highest BCUT2D eigenvalue weighted by molar-refractivity contribution is 7.10. The van der Waals surface area contributed by atoms with E-state index in [0.29, 0.717) is 32.6 Å². The van der Waals surface area contributed by atoms with Gasteiger partial charge in [-0.05, 0) is 67.1 Å². The summed E-state index contributed by atoms with van der Waals surface area (Å²) in [5, 5.41) is 5.06. The summed E-state index contributed by atoms with van der Waals surface area (Å²) < 4.78 is 14.1. The van der Waals surface area contributed by atoms with E-state index in [1.165, 1.54) is 16.5 Å². The van der Waals surface area contributed by atoms with E-state index in [-0.39, 0.29) is 29.8 Å². The fraction of sp³-hybridized carbons (Fsp3) is 0.379. The summed E-state index contributed by atoms with van der Waals surface area (Å²) in [6, 6.07) is 16.4. The number of thiophene rings is 1. The fourth-order valence-electron chi connectivity index (χ4n) is 5.39. The van der Waals surface area contributed by atoms with E-state index in [1.807, 2.05) is 49.1 Å². The van der Waals surface area contributed by atoms with Crippen LogP contribution in [0.1, 0.15) is 41.0 Å². The number of hydrogen-bond acceptors (Lipinski definition) is 4. The Morgan fingerprint density at radius 2 is 1.89 bits per heavy atom. The summed E-state index contributed by atoms with van der Waals surface area (Å²) in [6.45, 7) is 6.98. The number of carbonyl (C=O) groups is 2. The van der Waals surface area contributed by atoms with Crippen LogP contribution < -0.4 is 5.32 Å². The Balaban J connectivity index is 1.18. The molecule has 5 rings (SSSR count). The number of piperazine rings is 1. The van der Waals surface area contributed by atoms with Crippen LogP contribution in [0.25, 0.3) is 0 Å². The molecule has 0 saturated carbocycles. The molecule has 1 aromatic heterocycles. The molecule has 0 bridgehead atoms. The Labute approximate surface area is 221 Å². The molecule has 2 unspecified atom stereocenters. The third kappa shape index (κ3) is 5.70. The normalized spacial score (nSPS) is 20.0. The number of hydrogen-bond donors (Lipinski definition) is 1. The van der Waals surface area contributed by atoms with Crippen LogP contribution in [-0.4, -0.2) is 65.4 Å². The number of urea groups is 1. The van der Waals surface area contributed by atoms with Crippen molar-refractivity contribution in [2.75, 3.05) is 38.0 Å². The number of halogens is 1. The minimum Gasteiger partial charge on any atom is -0.339 e. The predicted molar refractivity (Wildman–Crippen MR) is 145 cm³/mol.